The Balaban J connectivity index is 3.03. The Morgan fingerprint density at radius 3 is 2.57 bits per heavy atom. The number of nitrogens with one attached hydrogen (secondary N) is 1. The van der Waals surface area contributed by atoms with E-state index in [0.717, 1.165) is 12.3 Å². The zero-order chi connectivity index (χ0) is 10.6. The maximum Gasteiger partial charge on any atom is 0.119 e. The predicted octanol–water partition coefficient (Wildman–Crippen LogP) is 2.54. The highest BCUT2D eigenvalue weighted by Gasteiger charge is 2.06. The van der Waals surface area contributed by atoms with E-state index in [1.54, 1.807) is 7.11 Å². The van der Waals surface area contributed by atoms with Gasteiger partial charge in [-0.15, -0.1) is 0 Å². The average Bonchev–Trinajstić information content (AvgIpc) is 2.17. The van der Waals surface area contributed by atoms with Gasteiger partial charge in [-0.3, -0.25) is 0 Å². The van der Waals surface area contributed by atoms with Crippen molar-refractivity contribution in [3.63, 3.8) is 0 Å². The molecule has 0 amide bonds. The van der Waals surface area contributed by atoms with Gasteiger partial charge in [0.15, 0.2) is 0 Å². The first-order valence-electron chi connectivity index (χ1n) is 5.00. The van der Waals surface area contributed by atoms with Crippen molar-refractivity contribution in [3.8, 4) is 5.75 Å². The molecule has 78 valence electrons. The highest BCUT2D eigenvalue weighted by molar-refractivity contribution is 5.37. The molecule has 0 aromatic heterocycles. The summed E-state index contributed by atoms with van der Waals surface area (Å²) in [6.07, 6.45) is 0. The van der Waals surface area contributed by atoms with E-state index in [9.17, 15) is 0 Å². The summed E-state index contributed by atoms with van der Waals surface area (Å²) in [5.74, 6) is 1.49. The second kappa shape index (κ2) is 5.01. The molecule has 14 heavy (non-hydrogen) atoms. The van der Waals surface area contributed by atoms with E-state index in [2.05, 4.69) is 31.3 Å². The summed E-state index contributed by atoms with van der Waals surface area (Å²) in [6, 6.07) is 6.27. The normalized spacial score (nSPS) is 10.6. The predicted molar refractivity (Wildman–Crippen MR) is 59.8 cm³/mol. The van der Waals surface area contributed by atoms with E-state index in [1.165, 1.54) is 11.1 Å². The maximum atomic E-state index is 5.21. The fourth-order valence-corrected chi connectivity index (χ4v) is 1.62. The maximum absolute atomic E-state index is 5.21. The highest BCUT2D eigenvalue weighted by Crippen LogP contribution is 2.23. The van der Waals surface area contributed by atoms with E-state index >= 15 is 0 Å². The number of rotatable bonds is 4. The van der Waals surface area contributed by atoms with Crippen LogP contribution < -0.4 is 10.1 Å². The van der Waals surface area contributed by atoms with Gasteiger partial charge in [0.25, 0.3) is 0 Å². The van der Waals surface area contributed by atoms with Crippen LogP contribution in [0.1, 0.15) is 30.9 Å². The lowest BCUT2D eigenvalue weighted by Crippen LogP contribution is -2.08. The molecular weight excluding hydrogens is 174 g/mol. The van der Waals surface area contributed by atoms with Crippen molar-refractivity contribution in [3.05, 3.63) is 29.3 Å². The van der Waals surface area contributed by atoms with Crippen LogP contribution in [0, 0.1) is 0 Å². The van der Waals surface area contributed by atoms with Crippen LogP contribution in [0.3, 0.4) is 0 Å². The minimum atomic E-state index is 0.559. The first-order valence-corrected chi connectivity index (χ1v) is 5.00. The Morgan fingerprint density at radius 2 is 2.07 bits per heavy atom. The van der Waals surface area contributed by atoms with Crippen LogP contribution in [0.4, 0.5) is 0 Å². The van der Waals surface area contributed by atoms with Crippen LogP contribution in [-0.2, 0) is 6.54 Å². The Bertz CT molecular complexity index is 294. The zero-order valence-corrected chi connectivity index (χ0v) is 9.42. The minimum Gasteiger partial charge on any atom is -0.497 e. The number of methoxy groups -OCH3 is 1. The molecular formula is C12H19NO. The molecule has 1 rings (SSSR count). The molecule has 1 aromatic carbocycles. The number of ether oxygens (including phenoxy) is 1. The molecule has 0 saturated heterocycles. The summed E-state index contributed by atoms with van der Waals surface area (Å²) in [7, 11) is 3.66. The van der Waals surface area contributed by atoms with Crippen molar-refractivity contribution in [1.82, 2.24) is 5.32 Å². The molecule has 0 heterocycles. The number of hydrogen-bond acceptors (Lipinski definition) is 2. The van der Waals surface area contributed by atoms with E-state index < -0.39 is 0 Å². The Morgan fingerprint density at radius 1 is 1.36 bits per heavy atom. The van der Waals surface area contributed by atoms with Crippen LogP contribution in [0.5, 0.6) is 5.75 Å². The van der Waals surface area contributed by atoms with Gasteiger partial charge >= 0.3 is 0 Å². The summed E-state index contributed by atoms with van der Waals surface area (Å²) >= 11 is 0. The monoisotopic (exact) mass is 193 g/mol. The molecule has 1 aromatic rings. The molecule has 0 unspecified atom stereocenters. The third-order valence-electron chi connectivity index (χ3n) is 2.34. The number of benzene rings is 1. The zero-order valence-electron chi connectivity index (χ0n) is 9.42. The van der Waals surface area contributed by atoms with Crippen molar-refractivity contribution in [1.29, 1.82) is 0 Å². The first kappa shape index (κ1) is 11.1. The van der Waals surface area contributed by atoms with Crippen LogP contribution in [0.2, 0.25) is 0 Å². The first-order chi connectivity index (χ1) is 6.69. The fraction of sp³-hybridized carbons (Fsp3) is 0.500. The third-order valence-corrected chi connectivity index (χ3v) is 2.34. The summed E-state index contributed by atoms with van der Waals surface area (Å²) in [5, 5.41) is 3.18. The summed E-state index contributed by atoms with van der Waals surface area (Å²) < 4.78 is 5.21. The van der Waals surface area contributed by atoms with Gasteiger partial charge in [-0.25, -0.2) is 0 Å². The molecule has 2 nitrogen and oxygen atoms in total. The molecule has 0 aliphatic heterocycles. The minimum absolute atomic E-state index is 0.559. The molecule has 0 radical (unpaired) electrons. The second-order valence-corrected chi connectivity index (χ2v) is 3.75. The van der Waals surface area contributed by atoms with Crippen LogP contribution in [-0.4, -0.2) is 14.2 Å². The lowest BCUT2D eigenvalue weighted by molar-refractivity contribution is 0.414. The van der Waals surface area contributed by atoms with Crippen molar-refractivity contribution < 1.29 is 4.74 Å². The largest absolute Gasteiger partial charge is 0.497 e. The molecule has 0 saturated carbocycles. The second-order valence-electron chi connectivity index (χ2n) is 3.75. The SMILES string of the molecule is CNCc1cc(OC)ccc1C(C)C. The molecule has 0 atom stereocenters. The Labute approximate surface area is 86.3 Å². The lowest BCUT2D eigenvalue weighted by atomic mass is 9.97. The van der Waals surface area contributed by atoms with Gasteiger partial charge in [0.2, 0.25) is 0 Å². The third kappa shape index (κ3) is 2.48. The van der Waals surface area contributed by atoms with E-state index in [4.69, 9.17) is 4.74 Å². The van der Waals surface area contributed by atoms with Gasteiger partial charge in [0, 0.05) is 6.54 Å². The average molecular weight is 193 g/mol. The molecule has 0 aliphatic carbocycles. The van der Waals surface area contributed by atoms with Crippen LogP contribution >= 0.6 is 0 Å². The van der Waals surface area contributed by atoms with Crippen LogP contribution in [0.25, 0.3) is 0 Å². The van der Waals surface area contributed by atoms with Gasteiger partial charge in [0.1, 0.15) is 5.75 Å². The van der Waals surface area contributed by atoms with Crippen molar-refractivity contribution >= 4 is 0 Å². The van der Waals surface area contributed by atoms with Gasteiger partial charge in [-0.05, 0) is 36.2 Å². The van der Waals surface area contributed by atoms with Crippen molar-refractivity contribution in [2.75, 3.05) is 14.2 Å². The smallest absolute Gasteiger partial charge is 0.119 e. The standard InChI is InChI=1S/C12H19NO/c1-9(2)12-6-5-11(14-4)7-10(12)8-13-3/h5-7,9,13H,8H2,1-4H3. The molecule has 1 N–H and O–H groups in total. The van der Waals surface area contributed by atoms with Gasteiger partial charge in [0.05, 0.1) is 7.11 Å². The van der Waals surface area contributed by atoms with E-state index in [-0.39, 0.29) is 0 Å². The van der Waals surface area contributed by atoms with Crippen molar-refractivity contribution in [2.45, 2.75) is 26.3 Å². The van der Waals surface area contributed by atoms with E-state index in [1.807, 2.05) is 13.1 Å². The quantitative estimate of drug-likeness (QED) is 0.793. The molecule has 0 aliphatic rings. The molecule has 0 bridgehead atoms. The molecule has 0 spiro atoms. The van der Waals surface area contributed by atoms with Crippen molar-refractivity contribution in [2.24, 2.45) is 0 Å². The summed E-state index contributed by atoms with van der Waals surface area (Å²) in [5.41, 5.74) is 2.71. The summed E-state index contributed by atoms with van der Waals surface area (Å²) in [4.78, 5) is 0. The van der Waals surface area contributed by atoms with Gasteiger partial charge < -0.3 is 10.1 Å². The highest BCUT2D eigenvalue weighted by atomic mass is 16.5. The Hall–Kier alpha value is -1.02. The Kier molecular flexibility index (Phi) is 3.96. The molecule has 0 fully saturated rings. The van der Waals surface area contributed by atoms with Gasteiger partial charge in [-0.2, -0.15) is 0 Å². The summed E-state index contributed by atoms with van der Waals surface area (Å²) in [6.45, 7) is 5.31. The topological polar surface area (TPSA) is 21.3 Å². The van der Waals surface area contributed by atoms with E-state index in [0.29, 0.717) is 5.92 Å². The fourth-order valence-electron chi connectivity index (χ4n) is 1.62. The van der Waals surface area contributed by atoms with Gasteiger partial charge in [-0.1, -0.05) is 19.9 Å². The number of hydrogen-bond donors (Lipinski definition) is 1. The molecule has 2 heteroatoms. The lowest BCUT2D eigenvalue weighted by Gasteiger charge is -2.13. The van der Waals surface area contributed by atoms with Crippen LogP contribution in [0.15, 0.2) is 18.2 Å².